The number of amides is 2. The summed E-state index contributed by atoms with van der Waals surface area (Å²) in [6, 6.07) is 3.41. The molecule has 0 unspecified atom stereocenters. The van der Waals surface area contributed by atoms with E-state index in [0.717, 1.165) is 5.56 Å². The van der Waals surface area contributed by atoms with E-state index in [1.807, 2.05) is 6.92 Å². The van der Waals surface area contributed by atoms with Crippen molar-refractivity contribution < 1.29 is 28.6 Å². The predicted octanol–water partition coefficient (Wildman–Crippen LogP) is 2.03. The number of nitrogens with zero attached hydrogens (tertiary/aromatic N) is 1. The van der Waals surface area contributed by atoms with Crippen LogP contribution in [-0.2, 0) is 20.7 Å². The summed E-state index contributed by atoms with van der Waals surface area (Å²) in [5, 5.41) is 2.55. The van der Waals surface area contributed by atoms with Crippen LogP contribution in [0.5, 0.6) is 11.5 Å². The van der Waals surface area contributed by atoms with Crippen molar-refractivity contribution >= 4 is 23.7 Å². The Balaban J connectivity index is 2.40. The molecule has 2 amide bonds. The van der Waals surface area contributed by atoms with Crippen LogP contribution in [0, 0.1) is 0 Å². The molecule has 0 radical (unpaired) electrons. The maximum Gasteiger partial charge on any atom is 0.406 e. The highest BCUT2D eigenvalue weighted by molar-refractivity contribution is 6.02. The molecule has 1 aromatic rings. The smallest absolute Gasteiger partial charge is 0.406 e. The highest BCUT2D eigenvalue weighted by Crippen LogP contribution is 2.42. The van der Waals surface area contributed by atoms with Crippen LogP contribution in [0.4, 0.5) is 10.5 Å². The van der Waals surface area contributed by atoms with Gasteiger partial charge in [-0.25, -0.2) is 4.79 Å². The van der Waals surface area contributed by atoms with Crippen molar-refractivity contribution in [1.82, 2.24) is 5.32 Å². The molecule has 1 aromatic carbocycles. The number of nitrogens with one attached hydrogen (secondary N) is 1. The van der Waals surface area contributed by atoms with Gasteiger partial charge in [-0.1, -0.05) is 6.92 Å². The molecule has 8 nitrogen and oxygen atoms in total. The molecule has 0 aromatic heterocycles. The van der Waals surface area contributed by atoms with Gasteiger partial charge >= 0.3 is 12.1 Å². The number of carbonyl (C=O) groups excluding carboxylic acids is 3. The van der Waals surface area contributed by atoms with Crippen molar-refractivity contribution in [2.75, 3.05) is 25.1 Å². The van der Waals surface area contributed by atoms with E-state index in [-0.39, 0.29) is 19.0 Å². The molecule has 2 rings (SSSR count). The molecule has 26 heavy (non-hydrogen) atoms. The van der Waals surface area contributed by atoms with E-state index in [4.69, 9.17) is 9.47 Å². The summed E-state index contributed by atoms with van der Waals surface area (Å²) in [5.74, 6) is 0.220. The summed E-state index contributed by atoms with van der Waals surface area (Å²) in [7, 11) is 1.27. The van der Waals surface area contributed by atoms with Gasteiger partial charge in [0.15, 0.2) is 5.60 Å². The molecule has 8 heteroatoms. The van der Waals surface area contributed by atoms with Gasteiger partial charge in [0.25, 0.3) is 5.91 Å². The minimum absolute atomic E-state index is 0.201. The summed E-state index contributed by atoms with van der Waals surface area (Å²) in [5.41, 5.74) is 0.248. The van der Waals surface area contributed by atoms with Crippen LogP contribution < -0.4 is 19.7 Å². The van der Waals surface area contributed by atoms with Gasteiger partial charge < -0.3 is 24.4 Å². The monoisotopic (exact) mass is 364 g/mol. The molecule has 1 N–H and O–H groups in total. The van der Waals surface area contributed by atoms with E-state index in [1.54, 1.807) is 26.0 Å². The lowest BCUT2D eigenvalue weighted by Crippen LogP contribution is -2.54. The zero-order valence-electron chi connectivity index (χ0n) is 15.7. The van der Waals surface area contributed by atoms with Gasteiger partial charge in [-0.15, -0.1) is 0 Å². The van der Waals surface area contributed by atoms with Crippen molar-refractivity contribution in [3.05, 3.63) is 17.7 Å². The minimum atomic E-state index is -1.05. The van der Waals surface area contributed by atoms with Crippen LogP contribution in [0.2, 0.25) is 0 Å². The minimum Gasteiger partial charge on any atom is -0.476 e. The largest absolute Gasteiger partial charge is 0.476 e. The summed E-state index contributed by atoms with van der Waals surface area (Å²) < 4.78 is 15.7. The summed E-state index contributed by atoms with van der Waals surface area (Å²) >= 11 is 0. The molecular formula is C18H24N2O6. The Hall–Kier alpha value is -2.77. The zero-order valence-corrected chi connectivity index (χ0v) is 15.7. The fourth-order valence-corrected chi connectivity index (χ4v) is 2.73. The number of alkyl carbamates (subject to hydrolysis) is 1. The Labute approximate surface area is 152 Å². The summed E-state index contributed by atoms with van der Waals surface area (Å²) in [6.45, 7) is 7.05. The third-order valence-electron chi connectivity index (χ3n) is 3.98. The molecule has 0 aliphatic carbocycles. The molecule has 142 valence electrons. The molecular weight excluding hydrogens is 340 g/mol. The maximum atomic E-state index is 12.8. The summed E-state index contributed by atoms with van der Waals surface area (Å²) in [6.07, 6.45) is 0.0597. The SMILES string of the molecule is CCc1cc2c(cc1OC(C)=O)N(CCNC(=O)OC)C(=O)C(C)(C)O2. The van der Waals surface area contributed by atoms with Crippen LogP contribution in [0.3, 0.4) is 0 Å². The van der Waals surface area contributed by atoms with Gasteiger partial charge in [-0.2, -0.15) is 0 Å². The first-order chi connectivity index (χ1) is 12.2. The van der Waals surface area contributed by atoms with Gasteiger partial charge in [0.1, 0.15) is 11.5 Å². The lowest BCUT2D eigenvalue weighted by molar-refractivity contribution is -0.132. The van der Waals surface area contributed by atoms with Gasteiger partial charge in [0.2, 0.25) is 0 Å². The van der Waals surface area contributed by atoms with Crippen molar-refractivity contribution in [3.63, 3.8) is 0 Å². The standard InChI is InChI=1S/C18H24N2O6/c1-6-12-9-15-13(10-14(12)25-11(2)21)20(8-7-19-17(23)24-5)16(22)18(3,4)26-15/h9-10H,6-8H2,1-5H3,(H,19,23). The van der Waals surface area contributed by atoms with Crippen LogP contribution in [0.15, 0.2) is 12.1 Å². The topological polar surface area (TPSA) is 94.2 Å². The van der Waals surface area contributed by atoms with Gasteiger partial charge in [0.05, 0.1) is 12.8 Å². The van der Waals surface area contributed by atoms with Crippen molar-refractivity contribution in [2.24, 2.45) is 0 Å². The van der Waals surface area contributed by atoms with Crippen LogP contribution >= 0.6 is 0 Å². The lowest BCUT2D eigenvalue weighted by atomic mass is 10.0. The molecule has 0 saturated heterocycles. The van der Waals surface area contributed by atoms with E-state index < -0.39 is 17.7 Å². The molecule has 1 aliphatic heterocycles. The average molecular weight is 364 g/mol. The number of ether oxygens (including phenoxy) is 3. The highest BCUT2D eigenvalue weighted by Gasteiger charge is 2.41. The lowest BCUT2D eigenvalue weighted by Gasteiger charge is -2.39. The quantitative estimate of drug-likeness (QED) is 0.635. The average Bonchev–Trinajstić information content (AvgIpc) is 2.57. The number of esters is 1. The Morgan fingerprint density at radius 3 is 2.58 bits per heavy atom. The van der Waals surface area contributed by atoms with Crippen molar-refractivity contribution in [2.45, 2.75) is 39.7 Å². The second-order valence-electron chi connectivity index (χ2n) is 6.36. The van der Waals surface area contributed by atoms with E-state index in [9.17, 15) is 14.4 Å². The normalized spacial score (nSPS) is 15.0. The summed E-state index contributed by atoms with van der Waals surface area (Å²) in [4.78, 5) is 36.9. The fourth-order valence-electron chi connectivity index (χ4n) is 2.73. The van der Waals surface area contributed by atoms with Gasteiger partial charge in [-0.3, -0.25) is 9.59 Å². The number of hydrogen-bond donors (Lipinski definition) is 1. The molecule has 0 atom stereocenters. The van der Waals surface area contributed by atoms with E-state index in [2.05, 4.69) is 10.1 Å². The van der Waals surface area contributed by atoms with E-state index >= 15 is 0 Å². The van der Waals surface area contributed by atoms with Crippen molar-refractivity contribution in [1.29, 1.82) is 0 Å². The molecule has 0 saturated carbocycles. The number of hydrogen-bond acceptors (Lipinski definition) is 6. The number of rotatable bonds is 5. The molecule has 0 fully saturated rings. The molecule has 0 spiro atoms. The first-order valence-electron chi connectivity index (χ1n) is 8.37. The number of benzene rings is 1. The maximum absolute atomic E-state index is 12.8. The first kappa shape index (κ1) is 19.6. The number of carbonyl (C=O) groups is 3. The van der Waals surface area contributed by atoms with E-state index in [0.29, 0.717) is 23.6 Å². The molecule has 0 bridgehead atoms. The number of methoxy groups -OCH3 is 1. The fraction of sp³-hybridized carbons (Fsp3) is 0.500. The molecule has 1 heterocycles. The Bertz CT molecular complexity index is 729. The Kier molecular flexibility index (Phi) is 5.74. The van der Waals surface area contributed by atoms with E-state index in [1.165, 1.54) is 18.9 Å². The second-order valence-corrected chi connectivity index (χ2v) is 6.36. The zero-order chi connectivity index (χ0) is 19.5. The third-order valence-corrected chi connectivity index (χ3v) is 3.98. The second kappa shape index (κ2) is 7.63. The highest BCUT2D eigenvalue weighted by atomic mass is 16.5. The third kappa shape index (κ3) is 4.07. The molecule has 1 aliphatic rings. The van der Waals surface area contributed by atoms with Gasteiger partial charge in [-0.05, 0) is 31.9 Å². The van der Waals surface area contributed by atoms with Crippen LogP contribution in [-0.4, -0.2) is 43.8 Å². The Morgan fingerprint density at radius 2 is 2.00 bits per heavy atom. The van der Waals surface area contributed by atoms with Crippen molar-refractivity contribution in [3.8, 4) is 11.5 Å². The number of aryl methyl sites for hydroxylation is 1. The van der Waals surface area contributed by atoms with Gasteiger partial charge in [0, 0.05) is 26.1 Å². The predicted molar refractivity (Wildman–Crippen MR) is 94.6 cm³/mol. The number of fused-ring (bicyclic) bond motifs is 1. The number of anilines is 1. The Morgan fingerprint density at radius 1 is 1.31 bits per heavy atom. The van der Waals surface area contributed by atoms with Crippen LogP contribution in [0.25, 0.3) is 0 Å². The first-order valence-corrected chi connectivity index (χ1v) is 8.37. The van der Waals surface area contributed by atoms with Crippen LogP contribution in [0.1, 0.15) is 33.3 Å².